The van der Waals surface area contributed by atoms with Crippen LogP contribution in [0.25, 0.3) is 0 Å². The van der Waals surface area contributed by atoms with Crippen LogP contribution in [0.15, 0.2) is 0 Å². The van der Waals surface area contributed by atoms with E-state index in [4.69, 9.17) is 0 Å². The zero-order chi connectivity index (χ0) is 15.1. The Hall–Kier alpha value is -0.180. The first-order valence-electron chi connectivity index (χ1n) is 7.81. The lowest BCUT2D eigenvalue weighted by atomic mass is 9.86. The highest BCUT2D eigenvalue weighted by Crippen LogP contribution is 2.33. The van der Waals surface area contributed by atoms with Gasteiger partial charge in [0, 0.05) is 12.2 Å². The smallest absolute Gasteiger partial charge is 0.302 e. The molecule has 0 heterocycles. The monoisotopic (exact) mass is 290 g/mol. The van der Waals surface area contributed by atoms with Gasteiger partial charge in [0.2, 0.25) is 0 Å². The predicted octanol–water partition coefficient (Wildman–Crippen LogP) is 5.30. The fourth-order valence-electron chi connectivity index (χ4n) is 2.31. The summed E-state index contributed by atoms with van der Waals surface area (Å²) < 4.78 is 4.11. The summed E-state index contributed by atoms with van der Waals surface area (Å²) in [4.78, 5) is 9.59. The molecule has 2 nitrogen and oxygen atoms in total. The number of carbonyl (C=O) groups is 1. The van der Waals surface area contributed by atoms with Crippen molar-refractivity contribution in [2.45, 2.75) is 78.4 Å². The van der Waals surface area contributed by atoms with Crippen LogP contribution in [-0.2, 0) is 9.53 Å². The molecule has 3 heteroatoms. The second-order valence-electron chi connectivity index (χ2n) is 4.50. The Morgan fingerprint density at radius 1 is 1.21 bits per heavy atom. The molecule has 1 saturated carbocycles. The first-order chi connectivity index (χ1) is 9.15. The van der Waals surface area contributed by atoms with Gasteiger partial charge in [0.05, 0.1) is 7.11 Å². The van der Waals surface area contributed by atoms with E-state index in [-0.39, 0.29) is 5.97 Å². The number of ether oxygens (including phenoxy) is 1. The lowest BCUT2D eigenvalue weighted by molar-refractivity contribution is -0.137. The minimum Gasteiger partial charge on any atom is -0.469 e. The van der Waals surface area contributed by atoms with Gasteiger partial charge in [0.25, 0.3) is 0 Å². The van der Waals surface area contributed by atoms with Crippen LogP contribution in [0, 0.1) is 5.92 Å². The lowest BCUT2D eigenvalue weighted by Crippen LogP contribution is -2.19. The molecule has 0 aromatic carbocycles. The Bertz CT molecular complexity index is 186. The van der Waals surface area contributed by atoms with Crippen LogP contribution in [0.4, 0.5) is 0 Å². The third-order valence-electron chi connectivity index (χ3n) is 3.25. The van der Waals surface area contributed by atoms with Gasteiger partial charge < -0.3 is 4.74 Å². The van der Waals surface area contributed by atoms with E-state index >= 15 is 0 Å². The van der Waals surface area contributed by atoms with Crippen molar-refractivity contribution in [2.24, 2.45) is 5.92 Å². The molecule has 0 amide bonds. The topological polar surface area (TPSA) is 26.3 Å². The van der Waals surface area contributed by atoms with E-state index < -0.39 is 0 Å². The van der Waals surface area contributed by atoms with Crippen LogP contribution in [0.3, 0.4) is 0 Å². The van der Waals surface area contributed by atoms with Crippen LogP contribution in [0.1, 0.15) is 73.1 Å². The summed E-state index contributed by atoms with van der Waals surface area (Å²) in [5.41, 5.74) is 0. The number of esters is 1. The molecule has 0 aromatic heterocycles. The summed E-state index contributed by atoms with van der Waals surface area (Å²) >= 11 is 2.18. The molecular weight excluding hydrogens is 256 g/mol. The normalized spacial score (nSPS) is 16.3. The zero-order valence-corrected chi connectivity index (χ0v) is 14.6. The van der Waals surface area contributed by atoms with Crippen molar-refractivity contribution in [3.63, 3.8) is 0 Å². The number of methoxy groups -OCH3 is 1. The van der Waals surface area contributed by atoms with Gasteiger partial charge >= 0.3 is 5.97 Å². The number of rotatable bonds is 4. The van der Waals surface area contributed by atoms with E-state index in [0.717, 1.165) is 11.2 Å². The van der Waals surface area contributed by atoms with Gasteiger partial charge in [-0.3, -0.25) is 4.79 Å². The molecule has 0 bridgehead atoms. The van der Waals surface area contributed by atoms with E-state index in [1.807, 2.05) is 13.8 Å². The molecule has 1 aliphatic rings. The Kier molecular flexibility index (Phi) is 17.7. The SMILES string of the molecule is CC.CCSC(CC)C1CCCCC1.COC(C)=O. The summed E-state index contributed by atoms with van der Waals surface area (Å²) in [6, 6.07) is 0. The van der Waals surface area contributed by atoms with E-state index in [1.54, 1.807) is 0 Å². The Labute approximate surface area is 125 Å². The Morgan fingerprint density at radius 2 is 1.68 bits per heavy atom. The third kappa shape index (κ3) is 12.6. The summed E-state index contributed by atoms with van der Waals surface area (Å²) in [5, 5.41) is 0.968. The van der Waals surface area contributed by atoms with Gasteiger partial charge in [0.15, 0.2) is 0 Å². The largest absolute Gasteiger partial charge is 0.469 e. The van der Waals surface area contributed by atoms with Crippen molar-refractivity contribution in [3.05, 3.63) is 0 Å². The molecule has 0 N–H and O–H groups in total. The summed E-state index contributed by atoms with van der Waals surface area (Å²) in [5.74, 6) is 2.10. The quantitative estimate of drug-likeness (QED) is 0.657. The van der Waals surface area contributed by atoms with Crippen LogP contribution >= 0.6 is 11.8 Å². The van der Waals surface area contributed by atoms with Crippen molar-refractivity contribution in [1.82, 2.24) is 0 Å². The van der Waals surface area contributed by atoms with Crippen molar-refractivity contribution in [3.8, 4) is 0 Å². The Balaban J connectivity index is 0. The molecule has 116 valence electrons. The first kappa shape index (κ1) is 21.1. The fourth-order valence-corrected chi connectivity index (χ4v) is 3.52. The van der Waals surface area contributed by atoms with Gasteiger partial charge in [-0.25, -0.2) is 0 Å². The molecule has 0 aromatic rings. The average molecular weight is 291 g/mol. The Morgan fingerprint density at radius 3 is 2.00 bits per heavy atom. The fraction of sp³-hybridized carbons (Fsp3) is 0.938. The second kappa shape index (κ2) is 15.9. The summed E-state index contributed by atoms with van der Waals surface area (Å²) in [6.07, 6.45) is 8.86. The molecule has 0 radical (unpaired) electrons. The third-order valence-corrected chi connectivity index (χ3v) is 4.73. The molecule has 1 atom stereocenters. The summed E-state index contributed by atoms with van der Waals surface area (Å²) in [7, 11) is 1.35. The molecule has 1 rings (SSSR count). The van der Waals surface area contributed by atoms with Crippen molar-refractivity contribution < 1.29 is 9.53 Å². The van der Waals surface area contributed by atoms with Crippen molar-refractivity contribution in [1.29, 1.82) is 0 Å². The molecule has 0 aliphatic heterocycles. The van der Waals surface area contributed by atoms with E-state index in [2.05, 4.69) is 30.3 Å². The zero-order valence-electron chi connectivity index (χ0n) is 13.8. The lowest BCUT2D eigenvalue weighted by Gasteiger charge is -2.28. The molecule has 1 unspecified atom stereocenters. The number of carbonyl (C=O) groups excluding carboxylic acids is 1. The standard InChI is InChI=1S/C11H22S.C3H6O2.C2H6/c1-3-11(12-4-2)10-8-6-5-7-9-10;1-3(4)5-2;1-2/h10-11H,3-9H2,1-2H3;1-2H3;1-2H3. The molecule has 19 heavy (non-hydrogen) atoms. The van der Waals surface area contributed by atoms with Crippen LogP contribution in [0.5, 0.6) is 0 Å². The van der Waals surface area contributed by atoms with Crippen molar-refractivity contribution in [2.75, 3.05) is 12.9 Å². The van der Waals surface area contributed by atoms with Gasteiger partial charge in [0.1, 0.15) is 0 Å². The van der Waals surface area contributed by atoms with Gasteiger partial charge in [-0.1, -0.05) is 47.0 Å². The van der Waals surface area contributed by atoms with E-state index in [9.17, 15) is 4.79 Å². The van der Waals surface area contributed by atoms with Gasteiger partial charge in [-0.05, 0) is 30.9 Å². The highest BCUT2D eigenvalue weighted by molar-refractivity contribution is 7.99. The maximum Gasteiger partial charge on any atom is 0.302 e. The van der Waals surface area contributed by atoms with E-state index in [0.29, 0.717) is 0 Å². The van der Waals surface area contributed by atoms with Crippen LogP contribution < -0.4 is 0 Å². The van der Waals surface area contributed by atoms with Crippen LogP contribution in [0.2, 0.25) is 0 Å². The summed E-state index contributed by atoms with van der Waals surface area (Å²) in [6.45, 7) is 10.00. The number of hydrogen-bond acceptors (Lipinski definition) is 3. The first-order valence-corrected chi connectivity index (χ1v) is 8.86. The minimum atomic E-state index is -0.245. The maximum atomic E-state index is 9.59. The predicted molar refractivity (Wildman–Crippen MR) is 87.8 cm³/mol. The maximum absolute atomic E-state index is 9.59. The average Bonchev–Trinajstić information content (AvgIpc) is 2.48. The van der Waals surface area contributed by atoms with Gasteiger partial charge in [-0.2, -0.15) is 11.8 Å². The van der Waals surface area contributed by atoms with Gasteiger partial charge in [-0.15, -0.1) is 0 Å². The van der Waals surface area contributed by atoms with Crippen LogP contribution in [-0.4, -0.2) is 24.1 Å². The highest BCUT2D eigenvalue weighted by atomic mass is 32.2. The second-order valence-corrected chi connectivity index (χ2v) is 6.01. The highest BCUT2D eigenvalue weighted by Gasteiger charge is 2.21. The molecule has 0 saturated heterocycles. The molecular formula is C16H34O2S. The van der Waals surface area contributed by atoms with Crippen molar-refractivity contribution >= 4 is 17.7 Å². The molecule has 0 spiro atoms. The molecule has 1 fully saturated rings. The van der Waals surface area contributed by atoms with E-state index in [1.165, 1.54) is 58.3 Å². The minimum absolute atomic E-state index is 0.245. The number of hydrogen-bond donors (Lipinski definition) is 0. The molecule has 1 aliphatic carbocycles. The number of thioether (sulfide) groups is 1.